The smallest absolute Gasteiger partial charge is 0.256 e. The van der Waals surface area contributed by atoms with E-state index in [2.05, 4.69) is 10.3 Å². The largest absolute Gasteiger partial charge is 0.322 e. The van der Waals surface area contributed by atoms with Crippen LogP contribution in [0.4, 0.5) is 5.69 Å². The molecule has 0 atom stereocenters. The quantitative estimate of drug-likeness (QED) is 0.749. The summed E-state index contributed by atoms with van der Waals surface area (Å²) in [5.74, 6) is -0.456. The van der Waals surface area contributed by atoms with Gasteiger partial charge in [-0.05, 0) is 29.6 Å². The van der Waals surface area contributed by atoms with Crippen molar-refractivity contribution in [3.05, 3.63) is 82.3 Å². The number of hydrogen-bond acceptors (Lipinski definition) is 4. The highest BCUT2D eigenvalue weighted by atomic mass is 32.1. The Bertz CT molecular complexity index is 799. The maximum Gasteiger partial charge on any atom is 0.256 e. The van der Waals surface area contributed by atoms with E-state index in [1.54, 1.807) is 54.9 Å². The van der Waals surface area contributed by atoms with E-state index in [4.69, 9.17) is 0 Å². The molecule has 0 saturated heterocycles. The monoisotopic (exact) mass is 308 g/mol. The van der Waals surface area contributed by atoms with Gasteiger partial charge in [-0.3, -0.25) is 14.6 Å². The second-order valence-electron chi connectivity index (χ2n) is 4.54. The standard InChI is InChI=1S/C17H12N2O2S/c20-16(15-6-3-11-22-15)13-4-1-2-5-14(13)17(21)19-12-7-9-18-10-8-12/h1-11H,(H,18,19,21). The van der Waals surface area contributed by atoms with Gasteiger partial charge < -0.3 is 5.32 Å². The Hall–Kier alpha value is -2.79. The van der Waals surface area contributed by atoms with Gasteiger partial charge in [0.15, 0.2) is 0 Å². The highest BCUT2D eigenvalue weighted by Crippen LogP contribution is 2.19. The van der Waals surface area contributed by atoms with Gasteiger partial charge >= 0.3 is 0 Å². The number of hydrogen-bond donors (Lipinski definition) is 1. The lowest BCUT2D eigenvalue weighted by atomic mass is 10.0. The van der Waals surface area contributed by atoms with Gasteiger partial charge in [-0.15, -0.1) is 11.3 Å². The van der Waals surface area contributed by atoms with Crippen molar-refractivity contribution >= 4 is 28.7 Å². The molecular formula is C17H12N2O2S. The van der Waals surface area contributed by atoms with E-state index >= 15 is 0 Å². The van der Waals surface area contributed by atoms with Crippen molar-refractivity contribution in [3.8, 4) is 0 Å². The molecule has 0 aliphatic rings. The summed E-state index contributed by atoms with van der Waals surface area (Å²) in [4.78, 5) is 29.5. The molecule has 2 aromatic heterocycles. The van der Waals surface area contributed by atoms with Crippen molar-refractivity contribution in [2.75, 3.05) is 5.32 Å². The minimum atomic E-state index is -0.313. The summed E-state index contributed by atoms with van der Waals surface area (Å²) in [5.41, 5.74) is 1.40. The van der Waals surface area contributed by atoms with Gasteiger partial charge in [-0.2, -0.15) is 0 Å². The van der Waals surface area contributed by atoms with E-state index < -0.39 is 0 Å². The summed E-state index contributed by atoms with van der Waals surface area (Å²) in [6.45, 7) is 0. The number of rotatable bonds is 4. The lowest BCUT2D eigenvalue weighted by molar-refractivity contribution is 0.0998. The van der Waals surface area contributed by atoms with Crippen molar-refractivity contribution in [1.29, 1.82) is 0 Å². The zero-order valence-electron chi connectivity index (χ0n) is 11.5. The fourth-order valence-corrected chi connectivity index (χ4v) is 2.73. The molecular weight excluding hydrogens is 296 g/mol. The molecule has 1 amide bonds. The number of pyridine rings is 1. The summed E-state index contributed by atoms with van der Waals surface area (Å²) in [7, 11) is 0. The van der Waals surface area contributed by atoms with E-state index in [0.29, 0.717) is 21.7 Å². The van der Waals surface area contributed by atoms with Crippen molar-refractivity contribution in [2.24, 2.45) is 0 Å². The molecule has 1 aromatic carbocycles. The first-order valence-electron chi connectivity index (χ1n) is 6.64. The third-order valence-corrected chi connectivity index (χ3v) is 3.97. The van der Waals surface area contributed by atoms with Crippen molar-refractivity contribution in [3.63, 3.8) is 0 Å². The predicted octanol–water partition coefficient (Wildman–Crippen LogP) is 3.63. The van der Waals surface area contributed by atoms with Crippen molar-refractivity contribution in [1.82, 2.24) is 4.98 Å². The molecule has 2 heterocycles. The van der Waals surface area contributed by atoms with Crippen LogP contribution in [0.25, 0.3) is 0 Å². The lowest BCUT2D eigenvalue weighted by Crippen LogP contribution is -2.16. The maximum atomic E-state index is 12.5. The normalized spacial score (nSPS) is 10.2. The zero-order chi connectivity index (χ0) is 15.4. The molecule has 3 aromatic rings. The van der Waals surface area contributed by atoms with Crippen LogP contribution in [-0.2, 0) is 0 Å². The molecule has 4 nitrogen and oxygen atoms in total. The first kappa shape index (κ1) is 14.2. The minimum absolute atomic E-state index is 0.143. The van der Waals surface area contributed by atoms with E-state index in [9.17, 15) is 9.59 Å². The number of nitrogens with zero attached hydrogens (tertiary/aromatic N) is 1. The third-order valence-electron chi connectivity index (χ3n) is 3.10. The predicted molar refractivity (Wildman–Crippen MR) is 86.4 cm³/mol. The highest BCUT2D eigenvalue weighted by Gasteiger charge is 2.18. The maximum absolute atomic E-state index is 12.5. The summed E-state index contributed by atoms with van der Waals surface area (Å²) < 4.78 is 0. The van der Waals surface area contributed by atoms with E-state index in [1.165, 1.54) is 11.3 Å². The Morgan fingerprint density at radius 1 is 0.909 bits per heavy atom. The minimum Gasteiger partial charge on any atom is -0.322 e. The average Bonchev–Trinajstić information content (AvgIpc) is 3.09. The fraction of sp³-hybridized carbons (Fsp3) is 0. The molecule has 0 saturated carbocycles. The average molecular weight is 308 g/mol. The van der Waals surface area contributed by atoms with E-state index in [1.807, 2.05) is 11.4 Å². The molecule has 1 N–H and O–H groups in total. The Morgan fingerprint density at radius 2 is 1.64 bits per heavy atom. The van der Waals surface area contributed by atoms with Crippen LogP contribution in [-0.4, -0.2) is 16.7 Å². The summed E-state index contributed by atoms with van der Waals surface area (Å²) in [6.07, 6.45) is 3.19. The van der Waals surface area contributed by atoms with Crippen LogP contribution >= 0.6 is 11.3 Å². The molecule has 0 unspecified atom stereocenters. The summed E-state index contributed by atoms with van der Waals surface area (Å²) in [6, 6.07) is 13.8. The SMILES string of the molecule is O=C(Nc1ccncc1)c1ccccc1C(=O)c1cccs1. The van der Waals surface area contributed by atoms with Crippen LogP contribution in [0.5, 0.6) is 0 Å². The number of amides is 1. The number of aromatic nitrogens is 1. The molecule has 0 fully saturated rings. The third kappa shape index (κ3) is 2.94. The van der Waals surface area contributed by atoms with E-state index in [-0.39, 0.29) is 11.7 Å². The van der Waals surface area contributed by atoms with Crippen LogP contribution in [0.2, 0.25) is 0 Å². The lowest BCUT2D eigenvalue weighted by Gasteiger charge is -2.08. The van der Waals surface area contributed by atoms with Gasteiger partial charge in [-0.25, -0.2) is 0 Å². The second-order valence-corrected chi connectivity index (χ2v) is 5.49. The number of nitrogens with one attached hydrogen (secondary N) is 1. The number of ketones is 1. The first-order chi connectivity index (χ1) is 10.8. The van der Waals surface area contributed by atoms with Gasteiger partial charge in [0.05, 0.1) is 10.4 Å². The Morgan fingerprint density at radius 3 is 2.32 bits per heavy atom. The molecule has 108 valence electrons. The van der Waals surface area contributed by atoms with Crippen LogP contribution in [0, 0.1) is 0 Å². The number of thiophene rings is 1. The first-order valence-corrected chi connectivity index (χ1v) is 7.52. The Labute approximate surface area is 131 Å². The molecule has 0 aliphatic heterocycles. The number of carbonyl (C=O) groups is 2. The van der Waals surface area contributed by atoms with E-state index in [0.717, 1.165) is 0 Å². The number of carbonyl (C=O) groups excluding carboxylic acids is 2. The number of anilines is 1. The van der Waals surface area contributed by atoms with Gasteiger partial charge in [-0.1, -0.05) is 24.3 Å². The summed E-state index contributed by atoms with van der Waals surface area (Å²) >= 11 is 1.36. The second kappa shape index (κ2) is 6.32. The van der Waals surface area contributed by atoms with Gasteiger partial charge in [0.1, 0.15) is 0 Å². The van der Waals surface area contributed by atoms with Crippen LogP contribution in [0.3, 0.4) is 0 Å². The van der Waals surface area contributed by atoms with Crippen molar-refractivity contribution < 1.29 is 9.59 Å². The molecule has 0 radical (unpaired) electrons. The Balaban J connectivity index is 1.91. The zero-order valence-corrected chi connectivity index (χ0v) is 12.3. The Kier molecular flexibility index (Phi) is 4.07. The fourth-order valence-electron chi connectivity index (χ4n) is 2.05. The van der Waals surface area contributed by atoms with Gasteiger partial charge in [0, 0.05) is 23.6 Å². The molecule has 0 spiro atoms. The van der Waals surface area contributed by atoms with Crippen molar-refractivity contribution in [2.45, 2.75) is 0 Å². The number of benzene rings is 1. The van der Waals surface area contributed by atoms with Crippen LogP contribution in [0.15, 0.2) is 66.3 Å². The van der Waals surface area contributed by atoms with Gasteiger partial charge in [0.25, 0.3) is 5.91 Å². The molecule has 22 heavy (non-hydrogen) atoms. The van der Waals surface area contributed by atoms with Crippen LogP contribution < -0.4 is 5.32 Å². The topological polar surface area (TPSA) is 59.1 Å². The molecule has 0 aliphatic carbocycles. The van der Waals surface area contributed by atoms with Gasteiger partial charge in [0.2, 0.25) is 5.78 Å². The highest BCUT2D eigenvalue weighted by molar-refractivity contribution is 7.12. The summed E-state index contributed by atoms with van der Waals surface area (Å²) in [5, 5.41) is 4.61. The van der Waals surface area contributed by atoms with Crippen LogP contribution in [0.1, 0.15) is 25.6 Å². The molecule has 3 rings (SSSR count). The molecule has 0 bridgehead atoms. The molecule has 5 heteroatoms.